The Labute approximate surface area is 167 Å². The molecule has 1 saturated heterocycles. The maximum atomic E-state index is 14.3. The van der Waals surface area contributed by atoms with Crippen LogP contribution in [0.4, 0.5) is 15.9 Å². The zero-order valence-corrected chi connectivity index (χ0v) is 17.6. The molecule has 3 N–H and O–H groups in total. The van der Waals surface area contributed by atoms with Crippen LogP contribution in [0, 0.1) is 5.95 Å². The van der Waals surface area contributed by atoms with Gasteiger partial charge >= 0.3 is 0 Å². The van der Waals surface area contributed by atoms with Crippen molar-refractivity contribution in [3.05, 3.63) is 42.1 Å². The Hall–Kier alpha value is -2.61. The van der Waals surface area contributed by atoms with Crippen molar-refractivity contribution < 1.29 is 9.18 Å². The van der Waals surface area contributed by atoms with E-state index in [0.717, 1.165) is 25.2 Å². The Morgan fingerprint density at radius 2 is 1.93 bits per heavy atom. The quantitative estimate of drug-likeness (QED) is 0.571. The number of rotatable bonds is 6. The Bertz CT molecular complexity index is 696. The predicted molar refractivity (Wildman–Crippen MR) is 114 cm³/mol. The van der Waals surface area contributed by atoms with Crippen LogP contribution in [-0.4, -0.2) is 67.5 Å². The van der Waals surface area contributed by atoms with Crippen molar-refractivity contribution in [2.75, 3.05) is 57.0 Å². The van der Waals surface area contributed by atoms with Crippen LogP contribution in [0.3, 0.4) is 0 Å². The Morgan fingerprint density at radius 3 is 2.43 bits per heavy atom. The minimum absolute atomic E-state index is 0.221. The van der Waals surface area contributed by atoms with Gasteiger partial charge in [0.15, 0.2) is 0 Å². The van der Waals surface area contributed by atoms with Crippen LogP contribution in [0.1, 0.15) is 20.8 Å². The van der Waals surface area contributed by atoms with E-state index in [1.165, 1.54) is 6.92 Å². The van der Waals surface area contributed by atoms with Gasteiger partial charge in [-0.2, -0.15) is 4.39 Å². The molecule has 1 aliphatic heterocycles. The zero-order valence-electron chi connectivity index (χ0n) is 17.6. The number of halogens is 1. The van der Waals surface area contributed by atoms with E-state index in [1.54, 1.807) is 12.1 Å². The van der Waals surface area contributed by atoms with Gasteiger partial charge in [-0.15, -0.1) is 0 Å². The normalized spacial score (nSPS) is 14.8. The number of hydrogen-bond donors (Lipinski definition) is 2. The molecule has 0 atom stereocenters. The lowest BCUT2D eigenvalue weighted by Gasteiger charge is -2.36. The second kappa shape index (κ2) is 11.3. The molecule has 0 unspecified atom stereocenters. The summed E-state index contributed by atoms with van der Waals surface area (Å²) in [4.78, 5) is 20.9. The average Bonchev–Trinajstić information content (AvgIpc) is 2.63. The maximum absolute atomic E-state index is 14.3. The predicted octanol–water partition coefficient (Wildman–Crippen LogP) is 2.25. The highest BCUT2D eigenvalue weighted by atomic mass is 19.1. The van der Waals surface area contributed by atoms with E-state index in [9.17, 15) is 9.18 Å². The molecule has 1 amide bonds. The molecule has 156 valence electrons. The van der Waals surface area contributed by atoms with E-state index in [4.69, 9.17) is 5.73 Å². The third-order valence-corrected chi connectivity index (χ3v) is 4.14. The van der Waals surface area contributed by atoms with Crippen LogP contribution >= 0.6 is 0 Å². The molecule has 0 spiro atoms. The van der Waals surface area contributed by atoms with E-state index < -0.39 is 5.95 Å². The number of nitrogens with zero attached hydrogens (tertiary/aromatic N) is 4. The number of pyridine rings is 1. The Balaban J connectivity index is 0.00000190. The molecule has 28 heavy (non-hydrogen) atoms. The number of anilines is 2. The van der Waals surface area contributed by atoms with Crippen molar-refractivity contribution >= 4 is 17.4 Å². The summed E-state index contributed by atoms with van der Waals surface area (Å²) in [5.74, 6) is 0.0400. The summed E-state index contributed by atoms with van der Waals surface area (Å²) in [5, 5.41) is 2.48. The Kier molecular flexibility index (Phi) is 9.44. The fourth-order valence-corrected chi connectivity index (χ4v) is 2.73. The summed E-state index contributed by atoms with van der Waals surface area (Å²) in [6.07, 6.45) is 1.87. The smallest absolute Gasteiger partial charge is 0.238 e. The number of carbonyl (C=O) groups is 1. The van der Waals surface area contributed by atoms with Gasteiger partial charge in [-0.1, -0.05) is 20.4 Å². The minimum Gasteiger partial charge on any atom is -0.385 e. The summed E-state index contributed by atoms with van der Waals surface area (Å²) in [5.41, 5.74) is 7.30. The highest BCUT2D eigenvalue weighted by molar-refractivity contribution is 5.87. The average molecular weight is 393 g/mol. The molecule has 1 aliphatic rings. The molecule has 0 aliphatic carbocycles. The molecule has 1 aromatic rings. The largest absolute Gasteiger partial charge is 0.385 e. The maximum Gasteiger partial charge on any atom is 0.238 e. The second-order valence-electron chi connectivity index (χ2n) is 6.57. The summed E-state index contributed by atoms with van der Waals surface area (Å²) < 4.78 is 14.3. The summed E-state index contributed by atoms with van der Waals surface area (Å²) in [6, 6.07) is 3.27. The van der Waals surface area contributed by atoms with Gasteiger partial charge in [-0.25, -0.2) is 4.98 Å². The molecule has 0 bridgehead atoms. The van der Waals surface area contributed by atoms with Crippen molar-refractivity contribution in [1.82, 2.24) is 14.8 Å². The number of amides is 1. The lowest BCUT2D eigenvalue weighted by atomic mass is 10.2. The van der Waals surface area contributed by atoms with Crippen LogP contribution in [0.15, 0.2) is 36.2 Å². The molecule has 0 saturated carbocycles. The minimum atomic E-state index is -0.573. The van der Waals surface area contributed by atoms with Crippen LogP contribution in [0.5, 0.6) is 0 Å². The SMILES string of the molecule is C=C(/C=C(/N)N(C)C)CN1CCN(c2ccc(NC(C)=O)nc2F)CC1.CC. The molecule has 0 radical (unpaired) electrons. The summed E-state index contributed by atoms with van der Waals surface area (Å²) in [6.45, 7) is 13.1. The molecule has 1 aromatic heterocycles. The second-order valence-corrected chi connectivity index (χ2v) is 6.57. The zero-order chi connectivity index (χ0) is 21.3. The standard InChI is InChI=1S/C18H27FN6O.C2H6/c1-13(11-16(20)23(3)4)12-24-7-9-25(10-8-24)15-5-6-17(21-14(2)26)22-18(15)19;1-2/h5-6,11H,1,7-10,12,20H2,2-4H3,(H,21,22,26);1-2H3/b16-11-;. The van der Waals surface area contributed by atoms with Gasteiger partial charge in [-0.3, -0.25) is 9.69 Å². The number of nitrogens with two attached hydrogens (primary N) is 1. The van der Waals surface area contributed by atoms with E-state index in [0.29, 0.717) is 24.6 Å². The molecular weight excluding hydrogens is 359 g/mol. The van der Waals surface area contributed by atoms with Gasteiger partial charge in [-0.05, 0) is 23.8 Å². The number of piperazine rings is 1. The monoisotopic (exact) mass is 392 g/mol. The third-order valence-electron chi connectivity index (χ3n) is 4.14. The molecule has 8 heteroatoms. The first-order valence-corrected chi connectivity index (χ1v) is 9.50. The van der Waals surface area contributed by atoms with E-state index in [-0.39, 0.29) is 11.7 Å². The van der Waals surface area contributed by atoms with Crippen LogP contribution in [0.2, 0.25) is 0 Å². The van der Waals surface area contributed by atoms with Gasteiger partial charge in [0.1, 0.15) is 5.82 Å². The van der Waals surface area contributed by atoms with Gasteiger partial charge in [0, 0.05) is 53.7 Å². The van der Waals surface area contributed by atoms with Crippen molar-refractivity contribution in [3.8, 4) is 0 Å². The van der Waals surface area contributed by atoms with Crippen molar-refractivity contribution in [2.45, 2.75) is 20.8 Å². The fraction of sp³-hybridized carbons (Fsp3) is 0.500. The van der Waals surface area contributed by atoms with Gasteiger partial charge in [0.2, 0.25) is 11.9 Å². The highest BCUT2D eigenvalue weighted by Gasteiger charge is 2.20. The summed E-state index contributed by atoms with van der Waals surface area (Å²) in [7, 11) is 3.77. The number of nitrogens with one attached hydrogen (secondary N) is 1. The van der Waals surface area contributed by atoms with Crippen LogP contribution in [0.25, 0.3) is 0 Å². The Morgan fingerprint density at radius 1 is 1.32 bits per heavy atom. The van der Waals surface area contributed by atoms with E-state index in [2.05, 4.69) is 21.8 Å². The molecule has 1 fully saturated rings. The van der Waals surface area contributed by atoms with Gasteiger partial charge in [0.05, 0.1) is 11.5 Å². The lowest BCUT2D eigenvalue weighted by Crippen LogP contribution is -2.47. The molecule has 2 heterocycles. The first-order chi connectivity index (χ1) is 13.3. The molecule has 2 rings (SSSR count). The first kappa shape index (κ1) is 23.4. The van der Waals surface area contributed by atoms with Crippen LogP contribution in [-0.2, 0) is 4.79 Å². The number of aromatic nitrogens is 1. The van der Waals surface area contributed by atoms with E-state index in [1.807, 2.05) is 43.8 Å². The number of carbonyl (C=O) groups excluding carboxylic acids is 1. The van der Waals surface area contributed by atoms with Gasteiger partial charge < -0.3 is 20.9 Å². The summed E-state index contributed by atoms with van der Waals surface area (Å²) >= 11 is 0. The fourth-order valence-electron chi connectivity index (χ4n) is 2.73. The van der Waals surface area contributed by atoms with E-state index >= 15 is 0 Å². The molecule has 7 nitrogen and oxygen atoms in total. The van der Waals surface area contributed by atoms with Crippen molar-refractivity contribution in [2.24, 2.45) is 5.73 Å². The lowest BCUT2D eigenvalue weighted by molar-refractivity contribution is -0.114. The van der Waals surface area contributed by atoms with Crippen molar-refractivity contribution in [3.63, 3.8) is 0 Å². The number of hydrogen-bond acceptors (Lipinski definition) is 6. The van der Waals surface area contributed by atoms with Gasteiger partial charge in [0.25, 0.3) is 0 Å². The van der Waals surface area contributed by atoms with Crippen LogP contribution < -0.4 is 16.0 Å². The van der Waals surface area contributed by atoms with Crippen molar-refractivity contribution in [1.29, 1.82) is 0 Å². The highest BCUT2D eigenvalue weighted by Crippen LogP contribution is 2.21. The third kappa shape index (κ3) is 7.19. The molecular formula is C20H33FN6O. The molecule has 0 aromatic carbocycles. The topological polar surface area (TPSA) is 77.7 Å². The first-order valence-electron chi connectivity index (χ1n) is 9.50.